The predicted octanol–water partition coefficient (Wildman–Crippen LogP) is 2.59. The lowest BCUT2D eigenvalue weighted by molar-refractivity contribution is -0.146. The Balaban J connectivity index is 2.48. The third kappa shape index (κ3) is 2.48. The maximum atomic E-state index is 10.6. The molecule has 0 radical (unpaired) electrons. The topological polar surface area (TPSA) is 57.5 Å². The van der Waals surface area contributed by atoms with E-state index < -0.39 is 12.1 Å². The summed E-state index contributed by atoms with van der Waals surface area (Å²) in [5.74, 6) is -1.20. The second-order valence-corrected chi connectivity index (χ2v) is 4.66. The molecule has 3 nitrogen and oxygen atoms in total. The van der Waals surface area contributed by atoms with Crippen molar-refractivity contribution in [2.24, 2.45) is 0 Å². The van der Waals surface area contributed by atoms with Crippen molar-refractivity contribution in [1.82, 2.24) is 0 Å². The molecule has 1 unspecified atom stereocenters. The molecule has 17 heavy (non-hydrogen) atoms. The standard InChI is InChI=1S/C13H11BrO3/c14-11-6-5-8(7-12(15)13(16)17)9-3-1-2-4-10(9)11/h1-6,12,15H,7H2,(H,16,17). The summed E-state index contributed by atoms with van der Waals surface area (Å²) >= 11 is 3.45. The number of aliphatic carboxylic acids is 1. The number of carboxylic acid groups (broad SMARTS) is 1. The van der Waals surface area contributed by atoms with Crippen LogP contribution in [0.15, 0.2) is 40.9 Å². The number of carboxylic acids is 1. The number of aliphatic hydroxyl groups excluding tert-OH is 1. The first kappa shape index (κ1) is 12.1. The smallest absolute Gasteiger partial charge is 0.332 e. The summed E-state index contributed by atoms with van der Waals surface area (Å²) in [6.45, 7) is 0. The number of hydrogen-bond donors (Lipinski definition) is 2. The Kier molecular flexibility index (Phi) is 3.45. The first-order valence-corrected chi connectivity index (χ1v) is 5.96. The molecule has 0 aliphatic carbocycles. The summed E-state index contributed by atoms with van der Waals surface area (Å²) in [7, 11) is 0. The van der Waals surface area contributed by atoms with E-state index in [4.69, 9.17) is 5.11 Å². The van der Waals surface area contributed by atoms with Crippen molar-refractivity contribution in [2.75, 3.05) is 0 Å². The van der Waals surface area contributed by atoms with Crippen LogP contribution in [0.1, 0.15) is 5.56 Å². The molecule has 4 heteroatoms. The fourth-order valence-corrected chi connectivity index (χ4v) is 2.28. The van der Waals surface area contributed by atoms with E-state index in [1.165, 1.54) is 0 Å². The largest absolute Gasteiger partial charge is 0.479 e. The van der Waals surface area contributed by atoms with Crippen molar-refractivity contribution in [1.29, 1.82) is 0 Å². The number of hydrogen-bond acceptors (Lipinski definition) is 2. The van der Waals surface area contributed by atoms with Gasteiger partial charge < -0.3 is 10.2 Å². The minimum Gasteiger partial charge on any atom is -0.479 e. The van der Waals surface area contributed by atoms with E-state index >= 15 is 0 Å². The highest BCUT2D eigenvalue weighted by molar-refractivity contribution is 9.10. The quantitative estimate of drug-likeness (QED) is 0.915. The minimum absolute atomic E-state index is 0.114. The van der Waals surface area contributed by atoms with Crippen LogP contribution in [-0.2, 0) is 11.2 Å². The van der Waals surface area contributed by atoms with Gasteiger partial charge in [-0.1, -0.05) is 46.3 Å². The molecule has 0 aromatic heterocycles. The van der Waals surface area contributed by atoms with Gasteiger partial charge in [-0.05, 0) is 22.4 Å². The van der Waals surface area contributed by atoms with Gasteiger partial charge in [-0.25, -0.2) is 4.79 Å². The molecule has 0 saturated carbocycles. The molecule has 0 bridgehead atoms. The Labute approximate surface area is 107 Å². The van der Waals surface area contributed by atoms with Gasteiger partial charge in [0.1, 0.15) is 0 Å². The van der Waals surface area contributed by atoms with Crippen molar-refractivity contribution in [3.63, 3.8) is 0 Å². The Bertz CT molecular complexity index is 566. The van der Waals surface area contributed by atoms with Crippen LogP contribution in [0.5, 0.6) is 0 Å². The van der Waals surface area contributed by atoms with Gasteiger partial charge in [0.2, 0.25) is 0 Å². The van der Waals surface area contributed by atoms with Gasteiger partial charge >= 0.3 is 5.97 Å². The molecule has 2 N–H and O–H groups in total. The molecule has 0 spiro atoms. The van der Waals surface area contributed by atoms with Gasteiger partial charge in [0.25, 0.3) is 0 Å². The summed E-state index contributed by atoms with van der Waals surface area (Å²) in [4.78, 5) is 10.6. The predicted molar refractivity (Wildman–Crippen MR) is 69.0 cm³/mol. The van der Waals surface area contributed by atoms with Gasteiger partial charge in [0, 0.05) is 10.9 Å². The molecule has 1 atom stereocenters. The van der Waals surface area contributed by atoms with Crippen LogP contribution in [0, 0.1) is 0 Å². The Morgan fingerprint density at radius 1 is 1.18 bits per heavy atom. The second-order valence-electron chi connectivity index (χ2n) is 3.81. The maximum Gasteiger partial charge on any atom is 0.332 e. The molecule has 2 rings (SSSR count). The normalized spacial score (nSPS) is 12.6. The molecular weight excluding hydrogens is 284 g/mol. The van der Waals surface area contributed by atoms with Crippen LogP contribution in [-0.4, -0.2) is 22.3 Å². The summed E-state index contributed by atoms with van der Waals surface area (Å²) in [5.41, 5.74) is 0.832. The number of benzene rings is 2. The third-order valence-corrected chi connectivity index (χ3v) is 3.35. The number of halogens is 1. The molecule has 88 valence electrons. The van der Waals surface area contributed by atoms with Gasteiger partial charge in [-0.15, -0.1) is 0 Å². The molecule has 0 saturated heterocycles. The van der Waals surface area contributed by atoms with E-state index in [-0.39, 0.29) is 6.42 Å². The Morgan fingerprint density at radius 3 is 2.47 bits per heavy atom. The Morgan fingerprint density at radius 2 is 1.82 bits per heavy atom. The highest BCUT2D eigenvalue weighted by atomic mass is 79.9. The first-order valence-electron chi connectivity index (χ1n) is 5.16. The monoisotopic (exact) mass is 294 g/mol. The van der Waals surface area contributed by atoms with E-state index in [2.05, 4.69) is 15.9 Å². The van der Waals surface area contributed by atoms with Crippen LogP contribution >= 0.6 is 15.9 Å². The lowest BCUT2D eigenvalue weighted by atomic mass is 10.00. The van der Waals surface area contributed by atoms with Crippen LogP contribution in [0.25, 0.3) is 10.8 Å². The fourth-order valence-electron chi connectivity index (χ4n) is 1.80. The summed E-state index contributed by atoms with van der Waals surface area (Å²) in [6.07, 6.45) is -1.25. The highest BCUT2D eigenvalue weighted by Gasteiger charge is 2.15. The van der Waals surface area contributed by atoms with E-state index in [0.717, 1.165) is 20.8 Å². The van der Waals surface area contributed by atoms with Crippen LogP contribution < -0.4 is 0 Å². The first-order chi connectivity index (χ1) is 8.09. The summed E-state index contributed by atoms with van der Waals surface area (Å²) in [5, 5.41) is 20.1. The van der Waals surface area contributed by atoms with Crippen LogP contribution in [0.2, 0.25) is 0 Å². The van der Waals surface area contributed by atoms with Gasteiger partial charge in [-0.3, -0.25) is 0 Å². The van der Waals surface area contributed by atoms with Gasteiger partial charge in [0.15, 0.2) is 6.10 Å². The number of rotatable bonds is 3. The third-order valence-electron chi connectivity index (χ3n) is 2.66. The summed E-state index contributed by atoms with van der Waals surface area (Å²) < 4.78 is 0.960. The van der Waals surface area contributed by atoms with Crippen LogP contribution in [0.3, 0.4) is 0 Å². The molecule has 0 aliphatic rings. The van der Waals surface area contributed by atoms with Gasteiger partial charge in [-0.2, -0.15) is 0 Å². The van der Waals surface area contributed by atoms with Crippen molar-refractivity contribution in [3.8, 4) is 0 Å². The van der Waals surface area contributed by atoms with Crippen LogP contribution in [0.4, 0.5) is 0 Å². The molecule has 0 fully saturated rings. The van der Waals surface area contributed by atoms with E-state index in [9.17, 15) is 9.90 Å². The Hall–Kier alpha value is -1.39. The molecule has 0 aliphatic heterocycles. The number of aliphatic hydroxyl groups is 1. The zero-order valence-electron chi connectivity index (χ0n) is 8.93. The molecule has 0 amide bonds. The maximum absolute atomic E-state index is 10.6. The van der Waals surface area contributed by atoms with Crippen molar-refractivity contribution < 1.29 is 15.0 Å². The SMILES string of the molecule is O=C(O)C(O)Cc1ccc(Br)c2ccccc12. The highest BCUT2D eigenvalue weighted by Crippen LogP contribution is 2.27. The zero-order chi connectivity index (χ0) is 12.4. The molecule has 2 aromatic rings. The van der Waals surface area contributed by atoms with E-state index in [1.54, 1.807) is 0 Å². The number of fused-ring (bicyclic) bond motifs is 1. The lowest BCUT2D eigenvalue weighted by Crippen LogP contribution is -2.22. The molecule has 2 aromatic carbocycles. The molecule has 0 heterocycles. The number of carbonyl (C=O) groups is 1. The minimum atomic E-state index is -1.36. The molecular formula is C13H11BrO3. The average Bonchev–Trinajstić information content (AvgIpc) is 2.33. The summed E-state index contributed by atoms with van der Waals surface area (Å²) in [6, 6.07) is 11.4. The van der Waals surface area contributed by atoms with Crippen molar-refractivity contribution in [3.05, 3.63) is 46.4 Å². The van der Waals surface area contributed by atoms with E-state index in [1.807, 2.05) is 36.4 Å². The lowest BCUT2D eigenvalue weighted by Gasteiger charge is -2.10. The van der Waals surface area contributed by atoms with Crippen molar-refractivity contribution >= 4 is 32.7 Å². The fraction of sp³-hybridized carbons (Fsp3) is 0.154. The second kappa shape index (κ2) is 4.85. The van der Waals surface area contributed by atoms with Crippen molar-refractivity contribution in [2.45, 2.75) is 12.5 Å². The van der Waals surface area contributed by atoms with E-state index in [0.29, 0.717) is 0 Å². The van der Waals surface area contributed by atoms with Gasteiger partial charge in [0.05, 0.1) is 0 Å². The average molecular weight is 295 g/mol. The zero-order valence-corrected chi connectivity index (χ0v) is 10.5.